The van der Waals surface area contributed by atoms with Crippen molar-refractivity contribution in [1.29, 1.82) is 5.26 Å². The maximum absolute atomic E-state index is 12.9. The van der Waals surface area contributed by atoms with Crippen molar-refractivity contribution < 1.29 is 18.7 Å². The molecule has 2 aromatic rings. The van der Waals surface area contributed by atoms with Gasteiger partial charge in [0, 0.05) is 5.69 Å². The Morgan fingerprint density at radius 1 is 1.21 bits per heavy atom. The minimum Gasteiger partial charge on any atom is -0.452 e. The molecule has 7 heteroatoms. The van der Waals surface area contributed by atoms with Gasteiger partial charge in [0.15, 0.2) is 6.61 Å². The van der Waals surface area contributed by atoms with Crippen LogP contribution in [0, 0.1) is 17.1 Å². The van der Waals surface area contributed by atoms with Gasteiger partial charge in [0.05, 0.1) is 23.1 Å². The van der Waals surface area contributed by atoms with Gasteiger partial charge in [-0.15, -0.1) is 0 Å². The Bertz CT molecular complexity index is 800. The van der Waals surface area contributed by atoms with Gasteiger partial charge >= 0.3 is 5.97 Å². The molecule has 0 aliphatic rings. The second-order valence-electron chi connectivity index (χ2n) is 4.78. The van der Waals surface area contributed by atoms with Crippen molar-refractivity contribution in [1.82, 2.24) is 0 Å². The second kappa shape index (κ2) is 8.09. The second-order valence-corrected chi connectivity index (χ2v) is 5.19. The molecule has 2 aromatic carbocycles. The molecule has 0 aromatic heterocycles. The predicted molar refractivity (Wildman–Crippen MR) is 86.1 cm³/mol. The fourth-order valence-electron chi connectivity index (χ4n) is 1.86. The third-order valence-corrected chi connectivity index (χ3v) is 3.32. The van der Waals surface area contributed by atoms with Crippen LogP contribution in [0.25, 0.3) is 0 Å². The molecule has 0 heterocycles. The Balaban J connectivity index is 1.88. The van der Waals surface area contributed by atoms with Gasteiger partial charge in [0.25, 0.3) is 5.91 Å². The van der Waals surface area contributed by atoms with E-state index in [4.69, 9.17) is 21.6 Å². The lowest BCUT2D eigenvalue weighted by Gasteiger charge is -2.08. The Morgan fingerprint density at radius 2 is 1.92 bits per heavy atom. The summed E-state index contributed by atoms with van der Waals surface area (Å²) in [5, 5.41) is 11.0. The molecule has 0 unspecified atom stereocenters. The molecule has 2 rings (SSSR count). The van der Waals surface area contributed by atoms with Crippen molar-refractivity contribution in [3.8, 4) is 6.07 Å². The van der Waals surface area contributed by atoms with E-state index in [2.05, 4.69) is 5.32 Å². The number of hydrogen-bond donors (Lipinski definition) is 1. The molecule has 0 atom stereocenters. The van der Waals surface area contributed by atoms with Crippen LogP contribution < -0.4 is 5.32 Å². The molecule has 0 radical (unpaired) electrons. The normalized spacial score (nSPS) is 9.88. The number of carbonyl (C=O) groups is 2. The number of amides is 1. The summed E-state index contributed by atoms with van der Waals surface area (Å²) in [6.45, 7) is -0.507. The highest BCUT2D eigenvalue weighted by molar-refractivity contribution is 6.33. The zero-order valence-corrected chi connectivity index (χ0v) is 13.1. The van der Waals surface area contributed by atoms with Gasteiger partial charge < -0.3 is 10.1 Å². The molecular weight excluding hydrogens is 335 g/mol. The highest BCUT2D eigenvalue weighted by atomic mass is 35.5. The van der Waals surface area contributed by atoms with E-state index >= 15 is 0 Å². The van der Waals surface area contributed by atoms with Crippen LogP contribution in [-0.4, -0.2) is 18.5 Å². The fraction of sp³-hybridized carbons (Fsp3) is 0.118. The minimum absolute atomic E-state index is 0.0216. The van der Waals surface area contributed by atoms with Gasteiger partial charge in [-0.25, -0.2) is 9.18 Å². The van der Waals surface area contributed by atoms with E-state index in [1.165, 1.54) is 6.07 Å². The van der Waals surface area contributed by atoms with Gasteiger partial charge in [-0.05, 0) is 35.9 Å². The average molecular weight is 347 g/mol. The van der Waals surface area contributed by atoms with Crippen LogP contribution >= 0.6 is 11.6 Å². The van der Waals surface area contributed by atoms with E-state index in [0.29, 0.717) is 5.69 Å². The molecule has 0 aliphatic carbocycles. The third kappa shape index (κ3) is 4.80. The van der Waals surface area contributed by atoms with Crippen LogP contribution in [0.5, 0.6) is 0 Å². The molecule has 0 saturated carbocycles. The topological polar surface area (TPSA) is 79.2 Å². The third-order valence-electron chi connectivity index (χ3n) is 3.01. The van der Waals surface area contributed by atoms with Crippen LogP contribution in [0.2, 0.25) is 5.02 Å². The standard InChI is InChI=1S/C17H12ClFN2O3/c18-15-9-12(19)3-6-14(15)17(23)24-10-16(22)21-13-4-1-11(2-5-13)7-8-20/h1-6,9H,7,10H2,(H,21,22). The Labute approximate surface area is 142 Å². The largest absolute Gasteiger partial charge is 0.452 e. The fourth-order valence-corrected chi connectivity index (χ4v) is 2.10. The van der Waals surface area contributed by atoms with E-state index in [1.807, 2.05) is 6.07 Å². The highest BCUT2D eigenvalue weighted by Crippen LogP contribution is 2.18. The smallest absolute Gasteiger partial charge is 0.340 e. The number of anilines is 1. The summed E-state index contributed by atoms with van der Waals surface area (Å²) in [7, 11) is 0. The summed E-state index contributed by atoms with van der Waals surface area (Å²) in [5.74, 6) is -1.93. The summed E-state index contributed by atoms with van der Waals surface area (Å²) in [6, 6.07) is 12.0. The summed E-state index contributed by atoms with van der Waals surface area (Å²) in [4.78, 5) is 23.6. The number of hydrogen-bond acceptors (Lipinski definition) is 4. The van der Waals surface area contributed by atoms with Crippen molar-refractivity contribution in [2.24, 2.45) is 0 Å². The molecular formula is C17H12ClFN2O3. The molecule has 0 aliphatic heterocycles. The van der Waals surface area contributed by atoms with E-state index in [-0.39, 0.29) is 17.0 Å². The van der Waals surface area contributed by atoms with Gasteiger partial charge in [-0.1, -0.05) is 23.7 Å². The summed E-state index contributed by atoms with van der Waals surface area (Å²) in [6.07, 6.45) is 0.282. The number of ether oxygens (including phenoxy) is 1. The first-order valence-corrected chi connectivity index (χ1v) is 7.25. The van der Waals surface area contributed by atoms with Crippen LogP contribution in [0.15, 0.2) is 42.5 Å². The number of benzene rings is 2. The molecule has 24 heavy (non-hydrogen) atoms. The Morgan fingerprint density at radius 3 is 2.54 bits per heavy atom. The Hall–Kier alpha value is -2.91. The van der Waals surface area contributed by atoms with Gasteiger partial charge in [-0.3, -0.25) is 4.79 Å². The molecule has 1 N–H and O–H groups in total. The number of esters is 1. The number of halogens is 2. The summed E-state index contributed by atoms with van der Waals surface area (Å²) < 4.78 is 17.8. The number of carbonyl (C=O) groups excluding carboxylic acids is 2. The van der Waals surface area contributed by atoms with Crippen molar-refractivity contribution in [3.05, 3.63) is 64.4 Å². The number of nitriles is 1. The zero-order chi connectivity index (χ0) is 17.5. The SMILES string of the molecule is N#CCc1ccc(NC(=O)COC(=O)c2ccc(F)cc2Cl)cc1. The number of rotatable bonds is 5. The van der Waals surface area contributed by atoms with Crippen molar-refractivity contribution >= 4 is 29.2 Å². The lowest BCUT2D eigenvalue weighted by molar-refractivity contribution is -0.119. The highest BCUT2D eigenvalue weighted by Gasteiger charge is 2.14. The van der Waals surface area contributed by atoms with E-state index in [1.54, 1.807) is 24.3 Å². The van der Waals surface area contributed by atoms with Crippen molar-refractivity contribution in [3.63, 3.8) is 0 Å². The molecule has 0 bridgehead atoms. The molecule has 0 saturated heterocycles. The van der Waals surface area contributed by atoms with Crippen LogP contribution in [0.3, 0.4) is 0 Å². The monoisotopic (exact) mass is 346 g/mol. The number of nitrogens with zero attached hydrogens (tertiary/aromatic N) is 1. The van der Waals surface area contributed by atoms with Gasteiger partial charge in [0.2, 0.25) is 0 Å². The quantitative estimate of drug-likeness (QED) is 0.842. The zero-order valence-electron chi connectivity index (χ0n) is 12.4. The minimum atomic E-state index is -0.820. The van der Waals surface area contributed by atoms with E-state index < -0.39 is 24.3 Å². The van der Waals surface area contributed by atoms with E-state index in [0.717, 1.165) is 17.7 Å². The van der Waals surface area contributed by atoms with Crippen molar-refractivity contribution in [2.45, 2.75) is 6.42 Å². The summed E-state index contributed by atoms with van der Waals surface area (Å²) in [5.41, 5.74) is 1.32. The average Bonchev–Trinajstić information content (AvgIpc) is 2.55. The first kappa shape index (κ1) is 17.4. The Kier molecular flexibility index (Phi) is 5.88. The molecule has 0 spiro atoms. The van der Waals surface area contributed by atoms with Gasteiger partial charge in [0.1, 0.15) is 5.82 Å². The van der Waals surface area contributed by atoms with Crippen LogP contribution in [0.1, 0.15) is 15.9 Å². The molecule has 0 fully saturated rings. The first-order chi connectivity index (χ1) is 11.5. The predicted octanol–water partition coefficient (Wildman–Crippen LogP) is 3.34. The first-order valence-electron chi connectivity index (χ1n) is 6.87. The maximum Gasteiger partial charge on any atom is 0.340 e. The lowest BCUT2D eigenvalue weighted by atomic mass is 10.1. The van der Waals surface area contributed by atoms with Crippen LogP contribution in [0.4, 0.5) is 10.1 Å². The van der Waals surface area contributed by atoms with E-state index in [9.17, 15) is 14.0 Å². The summed E-state index contributed by atoms with van der Waals surface area (Å²) >= 11 is 5.75. The molecule has 122 valence electrons. The molecule has 5 nitrogen and oxygen atoms in total. The van der Waals surface area contributed by atoms with Crippen molar-refractivity contribution in [2.75, 3.05) is 11.9 Å². The lowest BCUT2D eigenvalue weighted by Crippen LogP contribution is -2.21. The van der Waals surface area contributed by atoms with Gasteiger partial charge in [-0.2, -0.15) is 5.26 Å². The maximum atomic E-state index is 12.9. The molecule has 1 amide bonds. The van der Waals surface area contributed by atoms with Crippen LogP contribution in [-0.2, 0) is 16.0 Å². The number of nitrogens with one attached hydrogen (secondary N) is 1.